The maximum Gasteiger partial charge on any atom is 0.309 e. The lowest BCUT2D eigenvalue weighted by Gasteiger charge is -2.34. The molecular weight excluding hydrogens is 492 g/mol. The van der Waals surface area contributed by atoms with Gasteiger partial charge in [0.2, 0.25) is 0 Å². The molecule has 7 atom stereocenters. The number of epoxide rings is 1. The highest BCUT2D eigenvalue weighted by molar-refractivity contribution is 7.09. The number of aliphatic hydroxyl groups is 2. The summed E-state index contributed by atoms with van der Waals surface area (Å²) in [6, 6.07) is 0. The second-order valence-corrected chi connectivity index (χ2v) is 12.6. The van der Waals surface area contributed by atoms with Crippen LogP contribution in [0.1, 0.15) is 84.3 Å². The zero-order valence-electron chi connectivity index (χ0n) is 23.2. The van der Waals surface area contributed by atoms with Crippen LogP contribution in [0, 0.1) is 17.3 Å². The molecule has 2 aliphatic heterocycles. The van der Waals surface area contributed by atoms with Gasteiger partial charge in [-0.3, -0.25) is 9.59 Å². The summed E-state index contributed by atoms with van der Waals surface area (Å²) < 4.78 is 12.0. The standard InChI is InChI=1S/C28H44N2O6S/c1-16-9-8-10-28(6)22(36-28)12-20(17(2)11-19-15-37-23(30-19)14-29-7)35-24(32)13-21(31)27(4,5)26(34)18(3)25(16)33/h11,15-16,18,20-22,25,29,31,33H,8-10,12-14H2,1-7H3. The zero-order valence-corrected chi connectivity index (χ0v) is 24.1. The Hall–Kier alpha value is -1.65. The number of thiazole rings is 1. The number of ketones is 1. The van der Waals surface area contributed by atoms with Gasteiger partial charge in [-0.1, -0.05) is 34.1 Å². The average molecular weight is 537 g/mol. The first-order valence-electron chi connectivity index (χ1n) is 13.3. The number of hydrogen-bond donors (Lipinski definition) is 3. The Morgan fingerprint density at radius 1 is 1.27 bits per heavy atom. The van der Waals surface area contributed by atoms with E-state index in [0.717, 1.165) is 35.5 Å². The van der Waals surface area contributed by atoms with Gasteiger partial charge in [-0.15, -0.1) is 11.3 Å². The Kier molecular flexibility index (Phi) is 9.72. The molecule has 3 heterocycles. The lowest BCUT2D eigenvalue weighted by Crippen LogP contribution is -2.45. The summed E-state index contributed by atoms with van der Waals surface area (Å²) in [5, 5.41) is 27.8. The number of hydrogen-bond acceptors (Lipinski definition) is 9. The van der Waals surface area contributed by atoms with Gasteiger partial charge < -0.3 is 25.0 Å². The van der Waals surface area contributed by atoms with Crippen molar-refractivity contribution in [3.63, 3.8) is 0 Å². The Labute approximate surface area is 224 Å². The van der Waals surface area contributed by atoms with E-state index in [1.54, 1.807) is 32.1 Å². The van der Waals surface area contributed by atoms with Crippen LogP contribution in [-0.4, -0.2) is 64.0 Å². The number of ether oxygens (including phenoxy) is 2. The normalized spacial score (nSPS) is 36.1. The van der Waals surface area contributed by atoms with Crippen molar-refractivity contribution < 1.29 is 29.3 Å². The number of esters is 1. The fourth-order valence-corrected chi connectivity index (χ4v) is 6.01. The quantitative estimate of drug-likeness (QED) is 0.392. The van der Waals surface area contributed by atoms with E-state index < -0.39 is 35.6 Å². The van der Waals surface area contributed by atoms with Crippen LogP contribution < -0.4 is 5.32 Å². The van der Waals surface area contributed by atoms with Crippen LogP contribution in [0.2, 0.25) is 0 Å². The molecule has 0 aliphatic carbocycles. The summed E-state index contributed by atoms with van der Waals surface area (Å²) >= 11 is 1.57. The van der Waals surface area contributed by atoms with Crippen LogP contribution in [0.4, 0.5) is 0 Å². The molecule has 7 unspecified atom stereocenters. The molecule has 208 valence electrons. The van der Waals surface area contributed by atoms with Gasteiger partial charge in [-0.2, -0.15) is 0 Å². The first-order chi connectivity index (χ1) is 17.3. The van der Waals surface area contributed by atoms with Crippen molar-refractivity contribution in [1.82, 2.24) is 10.3 Å². The highest BCUT2D eigenvalue weighted by atomic mass is 32.1. The van der Waals surface area contributed by atoms with E-state index in [4.69, 9.17) is 9.47 Å². The van der Waals surface area contributed by atoms with Crippen LogP contribution >= 0.6 is 11.3 Å². The molecule has 0 saturated carbocycles. The van der Waals surface area contributed by atoms with Crippen molar-refractivity contribution in [2.45, 2.75) is 110 Å². The molecule has 2 saturated heterocycles. The maximum atomic E-state index is 13.3. The largest absolute Gasteiger partial charge is 0.458 e. The summed E-state index contributed by atoms with van der Waals surface area (Å²) in [6.45, 7) is 11.6. The number of aromatic nitrogens is 1. The van der Waals surface area contributed by atoms with Crippen molar-refractivity contribution in [3.8, 4) is 0 Å². The zero-order chi connectivity index (χ0) is 27.5. The van der Waals surface area contributed by atoms with E-state index in [2.05, 4.69) is 17.2 Å². The molecule has 1 aromatic rings. The number of aliphatic hydroxyl groups excluding tert-OH is 2. The van der Waals surface area contributed by atoms with E-state index in [9.17, 15) is 19.8 Å². The molecule has 3 rings (SSSR count). The van der Waals surface area contributed by atoms with E-state index in [1.807, 2.05) is 32.4 Å². The van der Waals surface area contributed by atoms with E-state index in [0.29, 0.717) is 13.0 Å². The minimum Gasteiger partial charge on any atom is -0.458 e. The van der Waals surface area contributed by atoms with E-state index in [1.165, 1.54) is 0 Å². The molecule has 0 radical (unpaired) electrons. The van der Waals surface area contributed by atoms with Gasteiger partial charge >= 0.3 is 5.97 Å². The van der Waals surface area contributed by atoms with Crippen molar-refractivity contribution in [2.24, 2.45) is 17.3 Å². The SMILES string of the molecule is CNCc1nc(C=C(C)C2CC3OC3(C)CCCC(C)C(O)C(C)C(=O)C(C)(C)C(O)CC(=O)O2)cs1. The topological polar surface area (TPSA) is 121 Å². The molecular formula is C28H44N2O6S. The third-order valence-corrected chi connectivity index (χ3v) is 9.05. The van der Waals surface area contributed by atoms with Crippen molar-refractivity contribution >= 4 is 29.2 Å². The molecule has 3 N–H and O–H groups in total. The Morgan fingerprint density at radius 2 is 1.97 bits per heavy atom. The van der Waals surface area contributed by atoms with Gasteiger partial charge in [-0.05, 0) is 51.3 Å². The lowest BCUT2D eigenvalue weighted by atomic mass is 9.73. The fraction of sp³-hybridized carbons (Fsp3) is 0.750. The Morgan fingerprint density at radius 3 is 2.65 bits per heavy atom. The monoisotopic (exact) mass is 536 g/mol. The van der Waals surface area contributed by atoms with Crippen molar-refractivity contribution in [1.29, 1.82) is 0 Å². The van der Waals surface area contributed by atoms with E-state index >= 15 is 0 Å². The maximum absolute atomic E-state index is 13.3. The predicted molar refractivity (Wildman–Crippen MR) is 144 cm³/mol. The number of nitrogens with zero attached hydrogens (tertiary/aromatic N) is 1. The molecule has 0 aromatic carbocycles. The number of Topliss-reactive ketones (excluding diaryl/α,β-unsaturated/α-hetero) is 1. The molecule has 0 spiro atoms. The third kappa shape index (κ3) is 7.26. The molecule has 0 amide bonds. The molecule has 0 bridgehead atoms. The van der Waals surface area contributed by atoms with Gasteiger partial charge in [0, 0.05) is 24.3 Å². The minimum absolute atomic E-state index is 0.0565. The number of nitrogens with one attached hydrogen (secondary N) is 1. The third-order valence-electron chi connectivity index (χ3n) is 8.19. The lowest BCUT2D eigenvalue weighted by molar-refractivity contribution is -0.154. The Balaban J connectivity index is 1.84. The summed E-state index contributed by atoms with van der Waals surface area (Å²) in [7, 11) is 1.87. The summed E-state index contributed by atoms with van der Waals surface area (Å²) in [5.41, 5.74) is 0.141. The second-order valence-electron chi connectivity index (χ2n) is 11.7. The van der Waals surface area contributed by atoms with Crippen LogP contribution in [0.3, 0.4) is 0 Å². The molecule has 9 heteroatoms. The Bertz CT molecular complexity index is 991. The highest BCUT2D eigenvalue weighted by Gasteiger charge is 2.53. The number of cyclic esters (lactones) is 1. The first-order valence-corrected chi connectivity index (χ1v) is 14.2. The van der Waals surface area contributed by atoms with Gasteiger partial charge in [0.25, 0.3) is 0 Å². The molecule has 2 fully saturated rings. The smallest absolute Gasteiger partial charge is 0.309 e. The number of carbonyl (C=O) groups is 2. The minimum atomic E-state index is -1.24. The number of fused-ring (bicyclic) bond motifs is 1. The fourth-order valence-electron chi connectivity index (χ4n) is 5.24. The van der Waals surface area contributed by atoms with Crippen LogP contribution in [0.15, 0.2) is 11.0 Å². The van der Waals surface area contributed by atoms with Gasteiger partial charge in [-0.25, -0.2) is 4.98 Å². The van der Waals surface area contributed by atoms with Crippen molar-refractivity contribution in [3.05, 3.63) is 21.7 Å². The van der Waals surface area contributed by atoms with Gasteiger partial charge in [0.05, 0.1) is 41.4 Å². The van der Waals surface area contributed by atoms with Crippen LogP contribution in [0.5, 0.6) is 0 Å². The van der Waals surface area contributed by atoms with E-state index in [-0.39, 0.29) is 29.8 Å². The summed E-state index contributed by atoms with van der Waals surface area (Å²) in [5.74, 6) is -1.57. The first kappa shape index (κ1) is 29.9. The number of rotatable bonds is 4. The van der Waals surface area contributed by atoms with Crippen LogP contribution in [-0.2, 0) is 25.6 Å². The average Bonchev–Trinajstić information content (AvgIpc) is 3.24. The van der Waals surface area contributed by atoms with Crippen LogP contribution in [0.25, 0.3) is 6.08 Å². The van der Waals surface area contributed by atoms with Gasteiger partial charge in [0.15, 0.2) is 0 Å². The molecule has 1 aromatic heterocycles. The second kappa shape index (κ2) is 12.0. The molecule has 8 nitrogen and oxygen atoms in total. The van der Waals surface area contributed by atoms with Crippen molar-refractivity contribution in [2.75, 3.05) is 7.05 Å². The molecule has 2 aliphatic rings. The highest BCUT2D eigenvalue weighted by Crippen LogP contribution is 2.45. The summed E-state index contributed by atoms with van der Waals surface area (Å²) in [6.07, 6.45) is 1.92. The van der Waals surface area contributed by atoms with Gasteiger partial charge in [0.1, 0.15) is 16.9 Å². The predicted octanol–water partition coefficient (Wildman–Crippen LogP) is 3.89. The number of carbonyl (C=O) groups excluding carboxylic acids is 2. The molecule has 37 heavy (non-hydrogen) atoms. The summed E-state index contributed by atoms with van der Waals surface area (Å²) in [4.78, 5) is 30.9.